The van der Waals surface area contributed by atoms with Crippen LogP contribution in [0.3, 0.4) is 0 Å². The molecule has 0 N–H and O–H groups in total. The molecule has 0 amide bonds. The van der Waals surface area contributed by atoms with Crippen molar-refractivity contribution in [2.75, 3.05) is 0 Å². The fraction of sp³-hybridized carbons (Fsp3) is 0.700. The van der Waals surface area contributed by atoms with Crippen molar-refractivity contribution in [3.8, 4) is 0 Å². The fourth-order valence-corrected chi connectivity index (χ4v) is 4.76. The van der Waals surface area contributed by atoms with Gasteiger partial charge in [0.15, 0.2) is 11.6 Å². The monoisotopic (exact) mass is 360 g/mol. The molecule has 0 nitrogen and oxygen atoms in total. The average Bonchev–Trinajstić information content (AvgIpc) is 2.57. The Morgan fingerprint density at radius 3 is 1.80 bits per heavy atom. The second kappa shape index (κ2) is 7.24. The second-order valence-electron chi connectivity index (χ2n) is 7.96. The smallest absolute Gasteiger partial charge is 0.203 e. The number of benzene rings is 1. The first kappa shape index (κ1) is 18.7. The first-order valence-electron chi connectivity index (χ1n) is 9.32. The lowest BCUT2D eigenvalue weighted by atomic mass is 9.68. The van der Waals surface area contributed by atoms with Gasteiger partial charge in [0.2, 0.25) is 0 Å². The normalized spacial score (nSPS) is 31.1. The molecule has 0 heterocycles. The summed E-state index contributed by atoms with van der Waals surface area (Å²) in [5.41, 5.74) is -1.40. The number of halogens is 5. The first-order chi connectivity index (χ1) is 11.8. The molecule has 2 aliphatic carbocycles. The molecular weight excluding hydrogens is 335 g/mol. The minimum Gasteiger partial charge on any atom is -0.203 e. The zero-order chi connectivity index (χ0) is 18.2. The number of hydrogen-bond donors (Lipinski definition) is 0. The molecule has 2 aliphatic rings. The third-order valence-electron chi connectivity index (χ3n) is 6.36. The summed E-state index contributed by atoms with van der Waals surface area (Å²) in [5, 5.41) is 0. The highest BCUT2D eigenvalue weighted by Gasteiger charge is 2.37. The molecule has 25 heavy (non-hydrogen) atoms. The van der Waals surface area contributed by atoms with Gasteiger partial charge in [-0.05, 0) is 73.8 Å². The van der Waals surface area contributed by atoms with Crippen molar-refractivity contribution in [1.82, 2.24) is 0 Å². The second-order valence-corrected chi connectivity index (χ2v) is 7.96. The van der Waals surface area contributed by atoms with Crippen molar-refractivity contribution in [2.24, 2.45) is 17.8 Å². The fourth-order valence-electron chi connectivity index (χ4n) is 4.76. The van der Waals surface area contributed by atoms with E-state index in [-0.39, 0.29) is 11.5 Å². The van der Waals surface area contributed by atoms with E-state index in [0.29, 0.717) is 12.0 Å². The molecule has 1 aromatic carbocycles. The van der Waals surface area contributed by atoms with Crippen LogP contribution in [0.25, 0.3) is 0 Å². The van der Waals surface area contributed by atoms with E-state index in [9.17, 15) is 22.0 Å². The molecule has 0 aromatic heterocycles. The first-order valence-corrected chi connectivity index (χ1v) is 9.32. The largest absolute Gasteiger partial charge is 0.419 e. The van der Waals surface area contributed by atoms with Gasteiger partial charge in [-0.1, -0.05) is 25.8 Å². The molecule has 3 rings (SSSR count). The van der Waals surface area contributed by atoms with E-state index in [0.717, 1.165) is 43.6 Å². The summed E-state index contributed by atoms with van der Waals surface area (Å²) < 4.78 is 66.1. The Morgan fingerprint density at radius 1 is 0.760 bits per heavy atom. The zero-order valence-electron chi connectivity index (χ0n) is 14.5. The quantitative estimate of drug-likeness (QED) is 0.494. The maximum atomic E-state index is 14.2. The van der Waals surface area contributed by atoms with E-state index >= 15 is 0 Å². The van der Waals surface area contributed by atoms with Crippen LogP contribution in [0.5, 0.6) is 0 Å². The molecular formula is C20H25F5. The average molecular weight is 360 g/mol. The molecule has 0 radical (unpaired) electrons. The highest BCUT2D eigenvalue weighted by Crippen LogP contribution is 2.45. The number of hydrogen-bond acceptors (Lipinski definition) is 0. The number of rotatable bonds is 2. The van der Waals surface area contributed by atoms with Crippen LogP contribution in [0.1, 0.15) is 75.3 Å². The van der Waals surface area contributed by atoms with Gasteiger partial charge in [-0.25, -0.2) is 8.78 Å². The molecule has 0 bridgehead atoms. The van der Waals surface area contributed by atoms with E-state index in [1.165, 1.54) is 25.7 Å². The number of alkyl halides is 3. The molecule has 2 saturated carbocycles. The Kier molecular flexibility index (Phi) is 5.40. The molecule has 0 saturated heterocycles. The molecule has 0 aliphatic heterocycles. The summed E-state index contributed by atoms with van der Waals surface area (Å²) in [5.74, 6) is -1.08. The Morgan fingerprint density at radius 2 is 1.28 bits per heavy atom. The van der Waals surface area contributed by atoms with Gasteiger partial charge >= 0.3 is 6.18 Å². The van der Waals surface area contributed by atoms with Crippen molar-refractivity contribution in [1.29, 1.82) is 0 Å². The van der Waals surface area contributed by atoms with Gasteiger partial charge in [0.05, 0.1) is 5.56 Å². The standard InChI is InChI=1S/C20H25F5/c1-12-2-4-13(5-3-12)14-6-8-15(9-7-14)16-10-11-17(20(23,24)25)19(22)18(16)21/h10-15H,2-9H2,1H3. The molecule has 0 spiro atoms. The van der Waals surface area contributed by atoms with E-state index in [4.69, 9.17) is 0 Å². The summed E-state index contributed by atoms with van der Waals surface area (Å²) in [6, 6.07) is 1.82. The van der Waals surface area contributed by atoms with Crippen LogP contribution in [-0.2, 0) is 6.18 Å². The van der Waals surface area contributed by atoms with Gasteiger partial charge in [0, 0.05) is 0 Å². The molecule has 1 aromatic rings. The van der Waals surface area contributed by atoms with Crippen LogP contribution in [0.2, 0.25) is 0 Å². The molecule has 5 heteroatoms. The van der Waals surface area contributed by atoms with Crippen molar-refractivity contribution >= 4 is 0 Å². The predicted molar refractivity (Wildman–Crippen MR) is 87.2 cm³/mol. The Balaban J connectivity index is 1.66. The van der Waals surface area contributed by atoms with Crippen molar-refractivity contribution in [2.45, 2.75) is 70.4 Å². The summed E-state index contributed by atoms with van der Waals surface area (Å²) in [6.07, 6.45) is 3.57. The summed E-state index contributed by atoms with van der Waals surface area (Å²) in [4.78, 5) is 0. The van der Waals surface area contributed by atoms with Gasteiger partial charge in [0.25, 0.3) is 0 Å². The van der Waals surface area contributed by atoms with Gasteiger partial charge in [-0.15, -0.1) is 0 Å². The third-order valence-corrected chi connectivity index (χ3v) is 6.36. The lowest BCUT2D eigenvalue weighted by Crippen LogP contribution is -2.25. The van der Waals surface area contributed by atoms with E-state index < -0.39 is 23.4 Å². The minimum absolute atomic E-state index is 0.112. The SMILES string of the molecule is CC1CCC(C2CCC(c3ccc(C(F)(F)F)c(F)c3F)CC2)CC1. The molecule has 0 atom stereocenters. The zero-order valence-corrected chi connectivity index (χ0v) is 14.5. The Hall–Kier alpha value is -1.13. The van der Waals surface area contributed by atoms with Crippen molar-refractivity contribution in [3.05, 3.63) is 34.9 Å². The van der Waals surface area contributed by atoms with Crippen LogP contribution in [0, 0.1) is 29.4 Å². The van der Waals surface area contributed by atoms with E-state index in [2.05, 4.69) is 6.92 Å². The third kappa shape index (κ3) is 4.01. The summed E-state index contributed by atoms with van der Waals surface area (Å²) in [6.45, 7) is 2.29. The van der Waals surface area contributed by atoms with Crippen LogP contribution >= 0.6 is 0 Å². The van der Waals surface area contributed by atoms with E-state index in [1.807, 2.05) is 0 Å². The van der Waals surface area contributed by atoms with Crippen LogP contribution in [0.15, 0.2) is 12.1 Å². The minimum atomic E-state index is -4.86. The maximum Gasteiger partial charge on any atom is 0.419 e. The van der Waals surface area contributed by atoms with Crippen molar-refractivity contribution < 1.29 is 22.0 Å². The Labute approximate surface area is 145 Å². The highest BCUT2D eigenvalue weighted by molar-refractivity contribution is 5.31. The Bertz CT molecular complexity index is 591. The summed E-state index contributed by atoms with van der Waals surface area (Å²) >= 11 is 0. The van der Waals surface area contributed by atoms with Gasteiger partial charge in [-0.2, -0.15) is 13.2 Å². The summed E-state index contributed by atoms with van der Waals surface area (Å²) in [7, 11) is 0. The van der Waals surface area contributed by atoms with Gasteiger partial charge < -0.3 is 0 Å². The highest BCUT2D eigenvalue weighted by atomic mass is 19.4. The lowest BCUT2D eigenvalue weighted by Gasteiger charge is -2.37. The molecule has 0 unspecified atom stereocenters. The molecule has 2 fully saturated rings. The van der Waals surface area contributed by atoms with Gasteiger partial charge in [0.1, 0.15) is 0 Å². The van der Waals surface area contributed by atoms with Gasteiger partial charge in [-0.3, -0.25) is 0 Å². The van der Waals surface area contributed by atoms with Crippen molar-refractivity contribution in [3.63, 3.8) is 0 Å². The van der Waals surface area contributed by atoms with E-state index in [1.54, 1.807) is 0 Å². The van der Waals surface area contributed by atoms with Crippen LogP contribution in [-0.4, -0.2) is 0 Å². The van der Waals surface area contributed by atoms with Crippen LogP contribution in [0.4, 0.5) is 22.0 Å². The van der Waals surface area contributed by atoms with Crippen LogP contribution < -0.4 is 0 Å². The maximum absolute atomic E-state index is 14.2. The topological polar surface area (TPSA) is 0 Å². The predicted octanol–water partition coefficient (Wildman–Crippen LogP) is 7.08. The lowest BCUT2D eigenvalue weighted by molar-refractivity contribution is -0.140. The molecule has 140 valence electrons.